The minimum Gasteiger partial charge on any atom is -0.295 e. The van der Waals surface area contributed by atoms with Gasteiger partial charge in [0.2, 0.25) is 0 Å². The van der Waals surface area contributed by atoms with Crippen LogP contribution in [-0.2, 0) is 0 Å². The van der Waals surface area contributed by atoms with E-state index in [0.717, 1.165) is 25.8 Å². The van der Waals surface area contributed by atoms with Crippen molar-refractivity contribution in [2.24, 2.45) is 0 Å². The molecule has 1 unspecified atom stereocenters. The SMILES string of the molecule is CCC1CCCN1CC(F)F. The molecule has 0 aliphatic carbocycles. The number of hydrogen-bond donors (Lipinski definition) is 0. The predicted molar refractivity (Wildman–Crippen MR) is 40.9 cm³/mol. The fourth-order valence-corrected chi connectivity index (χ4v) is 1.78. The number of likely N-dealkylation sites (tertiary alicyclic amines) is 1. The smallest absolute Gasteiger partial charge is 0.251 e. The van der Waals surface area contributed by atoms with Crippen molar-refractivity contribution in [2.45, 2.75) is 38.7 Å². The molecule has 1 aliphatic heterocycles. The van der Waals surface area contributed by atoms with Gasteiger partial charge in [-0.3, -0.25) is 4.90 Å². The molecule has 0 radical (unpaired) electrons. The zero-order valence-corrected chi connectivity index (χ0v) is 6.89. The molecule has 1 rings (SSSR count). The van der Waals surface area contributed by atoms with Crippen LogP contribution in [0.5, 0.6) is 0 Å². The van der Waals surface area contributed by atoms with Crippen LogP contribution in [0, 0.1) is 0 Å². The number of hydrogen-bond acceptors (Lipinski definition) is 1. The van der Waals surface area contributed by atoms with E-state index in [1.165, 1.54) is 0 Å². The molecule has 0 aromatic carbocycles. The highest BCUT2D eigenvalue weighted by atomic mass is 19.3. The van der Waals surface area contributed by atoms with Crippen LogP contribution in [0.3, 0.4) is 0 Å². The third-order valence-electron chi connectivity index (χ3n) is 2.34. The molecule has 0 spiro atoms. The summed E-state index contributed by atoms with van der Waals surface area (Å²) in [5.41, 5.74) is 0. The fraction of sp³-hybridized carbons (Fsp3) is 1.00. The van der Waals surface area contributed by atoms with Crippen molar-refractivity contribution in [3.8, 4) is 0 Å². The maximum Gasteiger partial charge on any atom is 0.251 e. The summed E-state index contributed by atoms with van der Waals surface area (Å²) >= 11 is 0. The first-order chi connectivity index (χ1) is 5.24. The highest BCUT2D eigenvalue weighted by molar-refractivity contribution is 4.77. The van der Waals surface area contributed by atoms with Crippen LogP contribution in [0.1, 0.15) is 26.2 Å². The Labute approximate surface area is 66.4 Å². The Morgan fingerprint density at radius 1 is 1.55 bits per heavy atom. The second kappa shape index (κ2) is 4.00. The van der Waals surface area contributed by atoms with E-state index in [1.54, 1.807) is 0 Å². The summed E-state index contributed by atoms with van der Waals surface area (Å²) in [5, 5.41) is 0. The van der Waals surface area contributed by atoms with E-state index in [-0.39, 0.29) is 6.54 Å². The van der Waals surface area contributed by atoms with E-state index < -0.39 is 6.43 Å². The first-order valence-corrected chi connectivity index (χ1v) is 4.26. The minimum atomic E-state index is -2.16. The summed E-state index contributed by atoms with van der Waals surface area (Å²) in [7, 11) is 0. The monoisotopic (exact) mass is 163 g/mol. The van der Waals surface area contributed by atoms with Crippen LogP contribution in [0.2, 0.25) is 0 Å². The van der Waals surface area contributed by atoms with Crippen molar-refractivity contribution < 1.29 is 8.78 Å². The summed E-state index contributed by atoms with van der Waals surface area (Å²) in [5.74, 6) is 0. The summed E-state index contributed by atoms with van der Waals surface area (Å²) in [6.07, 6.45) is 1.03. The van der Waals surface area contributed by atoms with Crippen molar-refractivity contribution >= 4 is 0 Å². The van der Waals surface area contributed by atoms with Crippen LogP contribution in [-0.4, -0.2) is 30.5 Å². The van der Waals surface area contributed by atoms with Gasteiger partial charge in [-0.05, 0) is 25.8 Å². The highest BCUT2D eigenvalue weighted by Gasteiger charge is 2.24. The Balaban J connectivity index is 2.31. The van der Waals surface area contributed by atoms with E-state index in [0.29, 0.717) is 6.04 Å². The largest absolute Gasteiger partial charge is 0.295 e. The first kappa shape index (κ1) is 8.91. The van der Waals surface area contributed by atoms with Crippen molar-refractivity contribution in [3.05, 3.63) is 0 Å². The molecule has 0 saturated carbocycles. The molecule has 0 aromatic heterocycles. The number of nitrogens with zero attached hydrogens (tertiary/aromatic N) is 1. The van der Waals surface area contributed by atoms with Gasteiger partial charge in [0.25, 0.3) is 6.43 Å². The van der Waals surface area contributed by atoms with Crippen LogP contribution in [0.15, 0.2) is 0 Å². The second-order valence-corrected chi connectivity index (χ2v) is 3.09. The van der Waals surface area contributed by atoms with E-state index in [4.69, 9.17) is 0 Å². The zero-order chi connectivity index (χ0) is 8.27. The van der Waals surface area contributed by atoms with Crippen molar-refractivity contribution in [2.75, 3.05) is 13.1 Å². The van der Waals surface area contributed by atoms with Gasteiger partial charge >= 0.3 is 0 Å². The highest BCUT2D eigenvalue weighted by Crippen LogP contribution is 2.20. The van der Waals surface area contributed by atoms with Crippen LogP contribution in [0.25, 0.3) is 0 Å². The van der Waals surface area contributed by atoms with Gasteiger partial charge in [-0.15, -0.1) is 0 Å². The van der Waals surface area contributed by atoms with Gasteiger partial charge in [0.15, 0.2) is 0 Å². The predicted octanol–water partition coefficient (Wildman–Crippen LogP) is 2.13. The molecule has 11 heavy (non-hydrogen) atoms. The molecule has 1 atom stereocenters. The third kappa shape index (κ3) is 2.40. The molecule has 0 bridgehead atoms. The van der Waals surface area contributed by atoms with Gasteiger partial charge < -0.3 is 0 Å². The average molecular weight is 163 g/mol. The van der Waals surface area contributed by atoms with Crippen molar-refractivity contribution in [1.29, 1.82) is 0 Å². The molecule has 0 aromatic rings. The average Bonchev–Trinajstić information content (AvgIpc) is 2.34. The number of halogens is 2. The molecule has 0 amide bonds. The van der Waals surface area contributed by atoms with E-state index in [9.17, 15) is 8.78 Å². The molecule has 1 saturated heterocycles. The maximum atomic E-state index is 12.0. The molecular formula is C8H15F2N. The topological polar surface area (TPSA) is 3.24 Å². The Morgan fingerprint density at radius 3 is 2.82 bits per heavy atom. The summed E-state index contributed by atoms with van der Waals surface area (Å²) < 4.78 is 23.9. The van der Waals surface area contributed by atoms with Gasteiger partial charge in [-0.25, -0.2) is 8.78 Å². The van der Waals surface area contributed by atoms with Crippen LogP contribution < -0.4 is 0 Å². The lowest BCUT2D eigenvalue weighted by Crippen LogP contribution is -2.33. The molecular weight excluding hydrogens is 148 g/mol. The lowest BCUT2D eigenvalue weighted by atomic mass is 10.2. The van der Waals surface area contributed by atoms with E-state index in [2.05, 4.69) is 6.92 Å². The third-order valence-corrected chi connectivity index (χ3v) is 2.34. The minimum absolute atomic E-state index is 0.0293. The summed E-state index contributed by atoms with van der Waals surface area (Å²) in [4.78, 5) is 1.91. The summed E-state index contributed by atoms with van der Waals surface area (Å²) in [6, 6.07) is 0.420. The zero-order valence-electron chi connectivity index (χ0n) is 6.89. The molecule has 1 aliphatic rings. The van der Waals surface area contributed by atoms with Crippen LogP contribution in [0.4, 0.5) is 8.78 Å². The lowest BCUT2D eigenvalue weighted by molar-refractivity contribution is 0.0815. The van der Waals surface area contributed by atoms with Gasteiger partial charge in [-0.2, -0.15) is 0 Å². The molecule has 3 heteroatoms. The van der Waals surface area contributed by atoms with Gasteiger partial charge in [0, 0.05) is 6.04 Å². The number of rotatable bonds is 3. The second-order valence-electron chi connectivity index (χ2n) is 3.09. The Hall–Kier alpha value is -0.180. The summed E-state index contributed by atoms with van der Waals surface area (Å²) in [6.45, 7) is 2.90. The van der Waals surface area contributed by atoms with E-state index >= 15 is 0 Å². The van der Waals surface area contributed by atoms with Gasteiger partial charge in [-0.1, -0.05) is 6.92 Å². The molecule has 1 nitrogen and oxygen atoms in total. The molecule has 66 valence electrons. The lowest BCUT2D eigenvalue weighted by Gasteiger charge is -2.22. The molecule has 0 N–H and O–H groups in total. The van der Waals surface area contributed by atoms with Crippen molar-refractivity contribution in [1.82, 2.24) is 4.90 Å². The maximum absolute atomic E-state index is 12.0. The Bertz CT molecular complexity index is 117. The van der Waals surface area contributed by atoms with Gasteiger partial charge in [0.1, 0.15) is 0 Å². The first-order valence-electron chi connectivity index (χ1n) is 4.26. The van der Waals surface area contributed by atoms with E-state index in [1.807, 2.05) is 4.90 Å². The van der Waals surface area contributed by atoms with Crippen molar-refractivity contribution in [3.63, 3.8) is 0 Å². The Morgan fingerprint density at radius 2 is 2.27 bits per heavy atom. The Kier molecular flexibility index (Phi) is 3.24. The van der Waals surface area contributed by atoms with Crippen LogP contribution >= 0.6 is 0 Å². The normalized spacial score (nSPS) is 26.7. The quantitative estimate of drug-likeness (QED) is 0.616. The standard InChI is InChI=1S/C8H15F2N/c1-2-7-4-3-5-11(7)6-8(9)10/h7-8H,2-6H2,1H3. The number of alkyl halides is 2. The molecule has 1 fully saturated rings. The fourth-order valence-electron chi connectivity index (χ4n) is 1.78. The van der Waals surface area contributed by atoms with Gasteiger partial charge in [0.05, 0.1) is 6.54 Å². The molecule has 1 heterocycles.